The van der Waals surface area contributed by atoms with Gasteiger partial charge in [-0.1, -0.05) is 49.6 Å². The van der Waals surface area contributed by atoms with Crippen molar-refractivity contribution >= 4 is 29.2 Å². The van der Waals surface area contributed by atoms with Gasteiger partial charge in [-0.05, 0) is 12.1 Å². The number of fused-ring (bicyclic) bond motifs is 3. The van der Waals surface area contributed by atoms with Crippen LogP contribution in [0.25, 0.3) is 21.8 Å². The molecule has 0 N–H and O–H groups in total. The maximum atomic E-state index is 2.30. The number of rotatable bonds is 2. The molecule has 0 aliphatic carbocycles. The zero-order valence-electron chi connectivity index (χ0n) is 9.35. The van der Waals surface area contributed by atoms with Crippen LogP contribution in [-0.2, 0) is 0 Å². The van der Waals surface area contributed by atoms with Crippen molar-refractivity contribution in [1.82, 2.24) is 4.48 Å². The molecule has 0 bridgehead atoms. The standard InChI is InChI=1S/C14H13BN/c1-2-15-16-13-9-5-3-7-11(13)12-8-4-6-10-14(12)16/h3-10H,2H2,1H3. The first kappa shape index (κ1) is 9.53. The van der Waals surface area contributed by atoms with Crippen LogP contribution in [0.1, 0.15) is 6.92 Å². The van der Waals surface area contributed by atoms with Gasteiger partial charge in [0.05, 0.1) is 0 Å². The third-order valence-corrected chi connectivity index (χ3v) is 2.98. The maximum Gasteiger partial charge on any atom is 0.252 e. The average molecular weight is 206 g/mol. The highest BCUT2D eigenvalue weighted by Crippen LogP contribution is 2.27. The molecule has 0 spiro atoms. The maximum absolute atomic E-state index is 2.30. The first-order valence-electron chi connectivity index (χ1n) is 5.73. The van der Waals surface area contributed by atoms with Gasteiger partial charge in [-0.2, -0.15) is 0 Å². The second-order valence-corrected chi connectivity index (χ2v) is 4.00. The van der Waals surface area contributed by atoms with Crippen LogP contribution in [0, 0.1) is 0 Å². The van der Waals surface area contributed by atoms with Crippen LogP contribution in [0.3, 0.4) is 0 Å². The van der Waals surface area contributed by atoms with Gasteiger partial charge in [-0.15, -0.1) is 0 Å². The molecular formula is C14H13BN. The van der Waals surface area contributed by atoms with Crippen LogP contribution in [0.5, 0.6) is 0 Å². The molecule has 0 aliphatic rings. The van der Waals surface area contributed by atoms with E-state index in [1.54, 1.807) is 0 Å². The van der Waals surface area contributed by atoms with Crippen LogP contribution in [-0.4, -0.2) is 11.9 Å². The molecule has 3 aromatic rings. The monoisotopic (exact) mass is 206 g/mol. The molecular weight excluding hydrogens is 193 g/mol. The lowest BCUT2D eigenvalue weighted by Gasteiger charge is -2.02. The predicted molar refractivity (Wildman–Crippen MR) is 71.1 cm³/mol. The quantitative estimate of drug-likeness (QED) is 0.563. The highest BCUT2D eigenvalue weighted by molar-refractivity contribution is 6.39. The Hall–Kier alpha value is -1.70. The normalized spacial score (nSPS) is 11.1. The van der Waals surface area contributed by atoms with E-state index in [1.165, 1.54) is 21.8 Å². The van der Waals surface area contributed by atoms with Crippen molar-refractivity contribution in [3.05, 3.63) is 48.5 Å². The second-order valence-electron chi connectivity index (χ2n) is 4.00. The van der Waals surface area contributed by atoms with E-state index in [2.05, 4.69) is 67.3 Å². The highest BCUT2D eigenvalue weighted by Gasteiger charge is 2.08. The molecule has 77 valence electrons. The second kappa shape index (κ2) is 3.71. The molecule has 2 heteroatoms. The van der Waals surface area contributed by atoms with Gasteiger partial charge in [0.1, 0.15) is 0 Å². The Morgan fingerprint density at radius 2 is 1.38 bits per heavy atom. The van der Waals surface area contributed by atoms with Crippen molar-refractivity contribution in [2.45, 2.75) is 13.2 Å². The summed E-state index contributed by atoms with van der Waals surface area (Å²) in [5.41, 5.74) is 2.59. The van der Waals surface area contributed by atoms with Gasteiger partial charge in [0.15, 0.2) is 0 Å². The van der Waals surface area contributed by atoms with Gasteiger partial charge in [-0.3, -0.25) is 0 Å². The van der Waals surface area contributed by atoms with Crippen molar-refractivity contribution < 1.29 is 0 Å². The van der Waals surface area contributed by atoms with Crippen molar-refractivity contribution in [2.24, 2.45) is 0 Å². The number of para-hydroxylation sites is 2. The Kier molecular flexibility index (Phi) is 2.21. The summed E-state index contributed by atoms with van der Waals surface area (Å²) in [4.78, 5) is 0. The number of aromatic nitrogens is 1. The molecule has 1 aromatic heterocycles. The van der Waals surface area contributed by atoms with E-state index in [1.807, 2.05) is 0 Å². The van der Waals surface area contributed by atoms with E-state index in [0.717, 1.165) is 6.32 Å². The first-order chi connectivity index (χ1) is 7.92. The van der Waals surface area contributed by atoms with Crippen molar-refractivity contribution in [3.63, 3.8) is 0 Å². The molecule has 0 aliphatic heterocycles. The Labute approximate surface area is 96.0 Å². The Morgan fingerprint density at radius 3 is 1.88 bits per heavy atom. The summed E-state index contributed by atoms with van der Waals surface area (Å²) in [6.45, 7) is 2.17. The van der Waals surface area contributed by atoms with E-state index in [4.69, 9.17) is 0 Å². The van der Waals surface area contributed by atoms with Crippen molar-refractivity contribution in [3.8, 4) is 0 Å². The summed E-state index contributed by atoms with van der Waals surface area (Å²) in [6.07, 6.45) is 1.04. The first-order valence-corrected chi connectivity index (χ1v) is 5.73. The molecule has 3 rings (SSSR count). The summed E-state index contributed by atoms with van der Waals surface area (Å²) < 4.78 is 2.30. The van der Waals surface area contributed by atoms with Crippen molar-refractivity contribution in [2.75, 3.05) is 0 Å². The predicted octanol–water partition coefficient (Wildman–Crippen LogP) is 3.70. The van der Waals surface area contributed by atoms with Gasteiger partial charge < -0.3 is 4.48 Å². The van der Waals surface area contributed by atoms with Crippen LogP contribution >= 0.6 is 0 Å². The summed E-state index contributed by atoms with van der Waals surface area (Å²) in [6, 6.07) is 17.1. The fraction of sp³-hybridized carbons (Fsp3) is 0.143. The summed E-state index contributed by atoms with van der Waals surface area (Å²) in [5.74, 6) is 0. The zero-order chi connectivity index (χ0) is 11.0. The minimum atomic E-state index is 1.04. The molecule has 0 fully saturated rings. The minimum absolute atomic E-state index is 1.04. The highest BCUT2D eigenvalue weighted by atomic mass is 14.9. The minimum Gasteiger partial charge on any atom is -0.390 e. The van der Waals surface area contributed by atoms with Gasteiger partial charge >= 0.3 is 0 Å². The molecule has 1 nitrogen and oxygen atoms in total. The largest absolute Gasteiger partial charge is 0.390 e. The summed E-state index contributed by atoms with van der Waals surface area (Å²) in [5, 5.41) is 2.67. The van der Waals surface area contributed by atoms with Gasteiger partial charge in [0.2, 0.25) is 0 Å². The van der Waals surface area contributed by atoms with E-state index in [0.29, 0.717) is 0 Å². The molecule has 16 heavy (non-hydrogen) atoms. The molecule has 0 saturated carbocycles. The van der Waals surface area contributed by atoms with E-state index in [-0.39, 0.29) is 0 Å². The topological polar surface area (TPSA) is 4.93 Å². The molecule has 0 amide bonds. The van der Waals surface area contributed by atoms with Crippen molar-refractivity contribution in [1.29, 1.82) is 0 Å². The third kappa shape index (κ3) is 1.26. The SMILES string of the molecule is CC[B]n1c2ccccc2c2ccccc21. The molecule has 2 aromatic carbocycles. The zero-order valence-corrected chi connectivity index (χ0v) is 9.35. The smallest absolute Gasteiger partial charge is 0.252 e. The van der Waals surface area contributed by atoms with Crippen LogP contribution in [0.15, 0.2) is 48.5 Å². The number of hydrogen-bond donors (Lipinski definition) is 0. The van der Waals surface area contributed by atoms with Crippen LogP contribution < -0.4 is 0 Å². The lowest BCUT2D eigenvalue weighted by molar-refractivity contribution is 1.29. The van der Waals surface area contributed by atoms with Gasteiger partial charge in [-0.25, -0.2) is 0 Å². The molecule has 1 radical (unpaired) electrons. The third-order valence-electron chi connectivity index (χ3n) is 2.98. The molecule has 0 unspecified atom stereocenters. The molecule has 1 heterocycles. The van der Waals surface area contributed by atoms with E-state index >= 15 is 0 Å². The van der Waals surface area contributed by atoms with Crippen LogP contribution in [0.4, 0.5) is 0 Å². The Balaban J connectivity index is 2.49. The summed E-state index contributed by atoms with van der Waals surface area (Å²) in [7, 11) is 2.24. The fourth-order valence-corrected chi connectivity index (χ4v) is 2.33. The molecule has 0 saturated heterocycles. The lowest BCUT2D eigenvalue weighted by Crippen LogP contribution is -2.03. The molecule has 0 atom stereocenters. The Morgan fingerprint density at radius 1 is 0.875 bits per heavy atom. The number of hydrogen-bond acceptors (Lipinski definition) is 0. The number of nitrogens with zero attached hydrogens (tertiary/aromatic N) is 1. The lowest BCUT2D eigenvalue weighted by atomic mass is 9.89. The van der Waals surface area contributed by atoms with E-state index < -0.39 is 0 Å². The number of benzene rings is 2. The van der Waals surface area contributed by atoms with Gasteiger partial charge in [0.25, 0.3) is 7.41 Å². The average Bonchev–Trinajstić information content (AvgIpc) is 2.66. The fourth-order valence-electron chi connectivity index (χ4n) is 2.33. The van der Waals surface area contributed by atoms with Gasteiger partial charge in [0, 0.05) is 21.8 Å². The van der Waals surface area contributed by atoms with Crippen LogP contribution in [0.2, 0.25) is 6.32 Å². The Bertz CT molecular complexity index is 586. The van der Waals surface area contributed by atoms with E-state index in [9.17, 15) is 0 Å². The summed E-state index contributed by atoms with van der Waals surface area (Å²) >= 11 is 0.